The summed E-state index contributed by atoms with van der Waals surface area (Å²) >= 11 is 0. The number of aromatic nitrogens is 4. The summed E-state index contributed by atoms with van der Waals surface area (Å²) in [6.45, 7) is 2.31. The first-order chi connectivity index (χ1) is 15.4. The number of likely N-dealkylation sites (tertiary alicyclic amines) is 1. The number of nitrogens with one attached hydrogen (secondary N) is 1. The van der Waals surface area contributed by atoms with Crippen LogP contribution in [0.25, 0.3) is 0 Å². The molecule has 2 aliphatic rings. The fourth-order valence-electron chi connectivity index (χ4n) is 4.74. The van der Waals surface area contributed by atoms with E-state index >= 15 is 0 Å². The largest absolute Gasteiger partial charge is 0.483 e. The molecule has 0 bridgehead atoms. The van der Waals surface area contributed by atoms with Crippen LogP contribution in [0, 0.1) is 6.92 Å². The molecule has 2 aromatic heterocycles. The predicted octanol–water partition coefficient (Wildman–Crippen LogP) is 1.49. The molecule has 4 heterocycles. The number of imidazole rings is 1. The van der Waals surface area contributed by atoms with Crippen LogP contribution in [0.2, 0.25) is 0 Å². The van der Waals surface area contributed by atoms with Crippen molar-refractivity contribution in [2.45, 2.75) is 31.3 Å². The summed E-state index contributed by atoms with van der Waals surface area (Å²) in [5.74, 6) is 0.562. The number of hydrogen-bond acceptors (Lipinski definition) is 5. The van der Waals surface area contributed by atoms with Crippen molar-refractivity contribution in [1.29, 1.82) is 0 Å². The highest BCUT2D eigenvalue weighted by Crippen LogP contribution is 2.54. The Balaban J connectivity index is 0.000000775. The van der Waals surface area contributed by atoms with E-state index in [9.17, 15) is 9.59 Å². The standard InChI is InChI=1S/C21H22N6O2.CH2O2/c1-14-11-23-26(12-14)13-17(28)27-9-7-21(18(27)19-22-8-10-25(19)2)15-5-3-4-6-16(15)24-20(21)29;2-1-3/h3-6,8,10-12,18H,7,9,13H2,1-2H3,(H,24,29);1H,(H,2,3)/t18-,21+;/m0./s1. The number of aryl methyl sites for hydroxylation is 2. The maximum Gasteiger partial charge on any atom is 0.290 e. The number of benzene rings is 1. The van der Waals surface area contributed by atoms with Crippen LogP contribution in [-0.2, 0) is 33.4 Å². The van der Waals surface area contributed by atoms with Gasteiger partial charge < -0.3 is 19.9 Å². The van der Waals surface area contributed by atoms with E-state index in [1.165, 1.54) is 0 Å². The van der Waals surface area contributed by atoms with Gasteiger partial charge in [0.1, 0.15) is 23.8 Å². The molecule has 1 spiro atoms. The van der Waals surface area contributed by atoms with E-state index in [-0.39, 0.29) is 24.8 Å². The van der Waals surface area contributed by atoms with Gasteiger partial charge in [0.25, 0.3) is 6.47 Å². The molecule has 2 aliphatic heterocycles. The number of carboxylic acid groups (broad SMARTS) is 1. The molecule has 2 amide bonds. The van der Waals surface area contributed by atoms with Crippen molar-refractivity contribution in [2.75, 3.05) is 11.9 Å². The maximum absolute atomic E-state index is 13.3. The lowest BCUT2D eigenvalue weighted by molar-refractivity contribution is -0.134. The van der Waals surface area contributed by atoms with Crippen molar-refractivity contribution in [3.63, 3.8) is 0 Å². The van der Waals surface area contributed by atoms with Gasteiger partial charge in [-0.3, -0.25) is 19.1 Å². The van der Waals surface area contributed by atoms with Crippen molar-refractivity contribution < 1.29 is 19.5 Å². The van der Waals surface area contributed by atoms with Gasteiger partial charge in [-0.2, -0.15) is 5.10 Å². The molecule has 1 saturated heterocycles. The van der Waals surface area contributed by atoms with Gasteiger partial charge in [0.2, 0.25) is 11.8 Å². The quantitative estimate of drug-likeness (QED) is 0.600. The molecule has 0 unspecified atom stereocenters. The molecule has 2 atom stereocenters. The minimum Gasteiger partial charge on any atom is -0.483 e. The average molecular weight is 436 g/mol. The van der Waals surface area contributed by atoms with Crippen molar-refractivity contribution in [1.82, 2.24) is 24.2 Å². The first kappa shape index (κ1) is 21.3. The van der Waals surface area contributed by atoms with E-state index in [0.29, 0.717) is 18.8 Å². The molecule has 32 heavy (non-hydrogen) atoms. The number of carbonyl (C=O) groups is 3. The zero-order valence-corrected chi connectivity index (χ0v) is 17.8. The second-order valence-electron chi connectivity index (χ2n) is 7.93. The second-order valence-corrected chi connectivity index (χ2v) is 7.93. The Kier molecular flexibility index (Phi) is 5.52. The first-order valence-electron chi connectivity index (χ1n) is 10.2. The average Bonchev–Trinajstić information content (AvgIpc) is 3.51. The second kappa shape index (κ2) is 8.29. The number of fused-ring (bicyclic) bond motifs is 2. The number of carbonyl (C=O) groups excluding carboxylic acids is 2. The highest BCUT2D eigenvalue weighted by atomic mass is 16.3. The number of rotatable bonds is 3. The number of anilines is 1. The lowest BCUT2D eigenvalue weighted by atomic mass is 9.74. The summed E-state index contributed by atoms with van der Waals surface area (Å²) in [6, 6.07) is 7.26. The van der Waals surface area contributed by atoms with Crippen LogP contribution in [0.3, 0.4) is 0 Å². The molecule has 3 aromatic rings. The summed E-state index contributed by atoms with van der Waals surface area (Å²) in [5, 5.41) is 14.2. The summed E-state index contributed by atoms with van der Waals surface area (Å²) in [5.41, 5.74) is 1.91. The number of nitrogens with zero attached hydrogens (tertiary/aromatic N) is 5. The Morgan fingerprint density at radius 3 is 2.78 bits per heavy atom. The fourth-order valence-corrected chi connectivity index (χ4v) is 4.74. The van der Waals surface area contributed by atoms with Crippen molar-refractivity contribution in [2.24, 2.45) is 7.05 Å². The third-order valence-electron chi connectivity index (χ3n) is 6.07. The molecule has 0 aliphatic carbocycles. The van der Waals surface area contributed by atoms with Gasteiger partial charge in [0, 0.05) is 37.9 Å². The van der Waals surface area contributed by atoms with Gasteiger partial charge in [-0.05, 0) is 30.5 Å². The van der Waals surface area contributed by atoms with E-state index in [0.717, 1.165) is 16.8 Å². The number of amides is 2. The molecule has 0 saturated carbocycles. The molecule has 166 valence electrons. The lowest BCUT2D eigenvalue weighted by Gasteiger charge is -2.33. The minimum absolute atomic E-state index is 0.0723. The van der Waals surface area contributed by atoms with Gasteiger partial charge in [-0.15, -0.1) is 0 Å². The molecule has 2 N–H and O–H groups in total. The highest BCUT2D eigenvalue weighted by molar-refractivity contribution is 6.07. The van der Waals surface area contributed by atoms with Gasteiger partial charge >= 0.3 is 0 Å². The zero-order valence-electron chi connectivity index (χ0n) is 17.8. The van der Waals surface area contributed by atoms with Gasteiger partial charge in [0.15, 0.2) is 0 Å². The fraction of sp³-hybridized carbons (Fsp3) is 0.318. The molecular weight excluding hydrogens is 412 g/mol. The Bertz CT molecular complexity index is 1170. The Hall–Kier alpha value is -3.95. The Morgan fingerprint density at radius 2 is 2.12 bits per heavy atom. The first-order valence-corrected chi connectivity index (χ1v) is 10.2. The van der Waals surface area contributed by atoms with E-state index in [2.05, 4.69) is 15.4 Å². The van der Waals surface area contributed by atoms with Crippen LogP contribution in [0.1, 0.15) is 29.4 Å². The molecule has 10 nitrogen and oxygen atoms in total. The molecular formula is C22H24N6O4. The Morgan fingerprint density at radius 1 is 1.38 bits per heavy atom. The van der Waals surface area contributed by atoms with Crippen LogP contribution in [0.4, 0.5) is 5.69 Å². The summed E-state index contributed by atoms with van der Waals surface area (Å²) in [7, 11) is 1.90. The normalized spacial score (nSPS) is 21.1. The van der Waals surface area contributed by atoms with Gasteiger partial charge in [0.05, 0.1) is 6.20 Å². The highest BCUT2D eigenvalue weighted by Gasteiger charge is 2.60. The molecule has 5 rings (SSSR count). The predicted molar refractivity (Wildman–Crippen MR) is 115 cm³/mol. The van der Waals surface area contributed by atoms with E-state index < -0.39 is 11.5 Å². The van der Waals surface area contributed by atoms with E-state index in [1.807, 2.05) is 55.2 Å². The summed E-state index contributed by atoms with van der Waals surface area (Å²) < 4.78 is 3.53. The monoisotopic (exact) mass is 436 g/mol. The summed E-state index contributed by atoms with van der Waals surface area (Å²) in [6.07, 6.45) is 7.68. The van der Waals surface area contributed by atoms with Gasteiger partial charge in [-0.1, -0.05) is 18.2 Å². The minimum atomic E-state index is -0.842. The third kappa shape index (κ3) is 3.33. The zero-order chi connectivity index (χ0) is 22.9. The molecule has 0 radical (unpaired) electrons. The SMILES string of the molecule is Cc1cnn(CC(=O)N2CC[C@]3(C(=O)Nc4ccccc43)[C@@H]2c2nccn2C)c1.O=CO. The van der Waals surface area contributed by atoms with Crippen molar-refractivity contribution >= 4 is 24.0 Å². The smallest absolute Gasteiger partial charge is 0.290 e. The molecule has 1 fully saturated rings. The van der Waals surface area contributed by atoms with Crippen LogP contribution >= 0.6 is 0 Å². The summed E-state index contributed by atoms with van der Waals surface area (Å²) in [4.78, 5) is 41.3. The van der Waals surface area contributed by atoms with E-state index in [4.69, 9.17) is 9.90 Å². The van der Waals surface area contributed by atoms with Crippen molar-refractivity contribution in [3.05, 3.63) is 66.0 Å². The van der Waals surface area contributed by atoms with Crippen LogP contribution in [0.5, 0.6) is 0 Å². The third-order valence-corrected chi connectivity index (χ3v) is 6.07. The van der Waals surface area contributed by atoms with Crippen LogP contribution < -0.4 is 5.32 Å². The number of hydrogen-bond donors (Lipinski definition) is 2. The number of para-hydroxylation sites is 1. The van der Waals surface area contributed by atoms with E-state index in [1.54, 1.807) is 22.0 Å². The topological polar surface area (TPSA) is 122 Å². The molecule has 10 heteroatoms. The van der Waals surface area contributed by atoms with Crippen LogP contribution in [0.15, 0.2) is 49.1 Å². The van der Waals surface area contributed by atoms with Crippen LogP contribution in [-0.4, -0.2) is 54.2 Å². The maximum atomic E-state index is 13.3. The Labute approximate surface area is 184 Å². The van der Waals surface area contributed by atoms with Crippen molar-refractivity contribution in [3.8, 4) is 0 Å². The lowest BCUT2D eigenvalue weighted by Crippen LogP contribution is -2.44. The van der Waals surface area contributed by atoms with Gasteiger partial charge in [-0.25, -0.2) is 4.98 Å². The molecule has 1 aromatic carbocycles.